The van der Waals surface area contributed by atoms with Crippen LogP contribution in [0.1, 0.15) is 46.6 Å². The molecule has 4 rings (SSSR count). The summed E-state index contributed by atoms with van der Waals surface area (Å²) >= 11 is 0. The number of aromatic nitrogens is 1. The highest BCUT2D eigenvalue weighted by atomic mass is 16.5. The first kappa shape index (κ1) is 17.6. The minimum atomic E-state index is -0.145. The van der Waals surface area contributed by atoms with Gasteiger partial charge in [-0.25, -0.2) is 0 Å². The van der Waals surface area contributed by atoms with Crippen molar-refractivity contribution in [1.82, 2.24) is 15.0 Å². The van der Waals surface area contributed by atoms with Gasteiger partial charge in [-0.1, -0.05) is 18.2 Å². The zero-order valence-corrected chi connectivity index (χ0v) is 15.5. The number of amides is 2. The van der Waals surface area contributed by atoms with Crippen molar-refractivity contribution in [2.75, 3.05) is 14.2 Å². The maximum atomic E-state index is 12.9. The van der Waals surface area contributed by atoms with Crippen LogP contribution in [0.3, 0.4) is 0 Å². The number of carbonyl (C=O) groups is 2. The van der Waals surface area contributed by atoms with Crippen molar-refractivity contribution >= 4 is 11.8 Å². The van der Waals surface area contributed by atoms with E-state index in [-0.39, 0.29) is 35.7 Å². The van der Waals surface area contributed by atoms with E-state index in [0.29, 0.717) is 11.4 Å². The summed E-state index contributed by atoms with van der Waals surface area (Å²) in [5, 5.41) is 3.72. The number of nitrogens with zero attached hydrogens (tertiary/aromatic N) is 3. The molecule has 1 aromatic carbocycles. The Balaban J connectivity index is 1.47. The van der Waals surface area contributed by atoms with E-state index >= 15 is 0 Å². The number of fused-ring (bicyclic) bond motifs is 2. The van der Waals surface area contributed by atoms with E-state index in [1.807, 2.05) is 47.2 Å². The van der Waals surface area contributed by atoms with Crippen molar-refractivity contribution in [1.29, 1.82) is 0 Å². The van der Waals surface area contributed by atoms with Gasteiger partial charge >= 0.3 is 0 Å². The Kier molecular flexibility index (Phi) is 4.59. The van der Waals surface area contributed by atoms with E-state index in [1.54, 1.807) is 0 Å². The van der Waals surface area contributed by atoms with Crippen molar-refractivity contribution in [3.63, 3.8) is 0 Å². The molecule has 2 aromatic rings. The summed E-state index contributed by atoms with van der Waals surface area (Å²) in [6.45, 7) is 0. The van der Waals surface area contributed by atoms with Gasteiger partial charge in [-0.3, -0.25) is 9.59 Å². The Bertz CT molecular complexity index is 821. The van der Waals surface area contributed by atoms with Crippen LogP contribution >= 0.6 is 0 Å². The van der Waals surface area contributed by atoms with E-state index in [1.165, 1.54) is 13.2 Å². The van der Waals surface area contributed by atoms with E-state index in [4.69, 9.17) is 9.26 Å². The smallest absolute Gasteiger partial charge is 0.293 e. The van der Waals surface area contributed by atoms with Gasteiger partial charge in [0, 0.05) is 30.7 Å². The largest absolute Gasteiger partial charge is 0.479 e. The van der Waals surface area contributed by atoms with Crippen molar-refractivity contribution in [2.45, 2.75) is 43.8 Å². The van der Waals surface area contributed by atoms with Gasteiger partial charge in [-0.05, 0) is 43.0 Å². The molecular formula is C20H23N3O4. The first-order chi connectivity index (χ1) is 13.1. The molecule has 2 bridgehead atoms. The first-order valence-corrected chi connectivity index (χ1v) is 9.24. The Labute approximate surface area is 157 Å². The van der Waals surface area contributed by atoms with Gasteiger partial charge < -0.3 is 19.1 Å². The van der Waals surface area contributed by atoms with Crippen molar-refractivity contribution < 1.29 is 18.8 Å². The molecule has 2 saturated heterocycles. The molecule has 2 atom stereocenters. The predicted octanol–water partition coefficient (Wildman–Crippen LogP) is 2.59. The highest BCUT2D eigenvalue weighted by molar-refractivity contribution is 5.94. The molecule has 1 aromatic heterocycles. The zero-order chi connectivity index (χ0) is 19.0. The third-order valence-electron chi connectivity index (χ3n) is 5.74. The monoisotopic (exact) mass is 369 g/mol. The second-order valence-electron chi connectivity index (χ2n) is 7.24. The summed E-state index contributed by atoms with van der Waals surface area (Å²) in [5.41, 5.74) is 0.694. The van der Waals surface area contributed by atoms with Gasteiger partial charge in [-0.2, -0.15) is 0 Å². The van der Waals surface area contributed by atoms with Gasteiger partial charge in [0.15, 0.2) is 0 Å². The molecule has 2 fully saturated rings. The normalized spacial score (nSPS) is 23.9. The minimum absolute atomic E-state index is 0.0275. The molecule has 142 valence electrons. The van der Waals surface area contributed by atoms with Crippen LogP contribution < -0.4 is 4.74 Å². The fourth-order valence-corrected chi connectivity index (χ4v) is 4.33. The Morgan fingerprint density at radius 2 is 1.85 bits per heavy atom. The molecule has 2 aliphatic rings. The van der Waals surface area contributed by atoms with Crippen molar-refractivity contribution in [3.05, 3.63) is 47.7 Å². The molecule has 7 heteroatoms. The molecule has 0 spiro atoms. The predicted molar refractivity (Wildman–Crippen MR) is 97.6 cm³/mol. The van der Waals surface area contributed by atoms with Gasteiger partial charge in [0.05, 0.1) is 13.2 Å². The maximum Gasteiger partial charge on any atom is 0.293 e. The van der Waals surface area contributed by atoms with E-state index in [9.17, 15) is 9.59 Å². The van der Waals surface area contributed by atoms with Crippen molar-refractivity contribution in [2.24, 2.45) is 0 Å². The number of rotatable bonds is 4. The number of carbonyl (C=O) groups excluding carboxylic acids is 2. The zero-order valence-electron chi connectivity index (χ0n) is 15.5. The highest BCUT2D eigenvalue weighted by Crippen LogP contribution is 2.38. The van der Waals surface area contributed by atoms with Crippen LogP contribution in [0.2, 0.25) is 0 Å². The van der Waals surface area contributed by atoms with Crippen LogP contribution in [0.25, 0.3) is 0 Å². The van der Waals surface area contributed by atoms with Gasteiger partial charge in [0.25, 0.3) is 17.7 Å². The molecule has 0 aliphatic carbocycles. The third-order valence-corrected chi connectivity index (χ3v) is 5.74. The number of ether oxygens (including phenoxy) is 1. The summed E-state index contributed by atoms with van der Waals surface area (Å²) in [6, 6.07) is 11.2. The van der Waals surface area contributed by atoms with Crippen molar-refractivity contribution in [3.8, 4) is 5.88 Å². The lowest BCUT2D eigenvalue weighted by Crippen LogP contribution is -2.52. The average Bonchev–Trinajstić information content (AvgIpc) is 3.29. The molecule has 2 amide bonds. The summed E-state index contributed by atoms with van der Waals surface area (Å²) in [5.74, 6) is 0.387. The van der Waals surface area contributed by atoms with Crippen LogP contribution in [0.4, 0.5) is 0 Å². The molecule has 0 unspecified atom stereocenters. The van der Waals surface area contributed by atoms with Crippen LogP contribution in [-0.4, -0.2) is 59.1 Å². The summed E-state index contributed by atoms with van der Waals surface area (Å²) in [7, 11) is 3.35. The molecule has 0 radical (unpaired) electrons. The SMILES string of the molecule is COc1cc(C(=O)N2[C@H]3CC[C@H]2CC(N(C)C(=O)c2ccccc2)C3)on1. The molecule has 0 saturated carbocycles. The Hall–Kier alpha value is -2.83. The van der Waals surface area contributed by atoms with Crippen LogP contribution in [0, 0.1) is 0 Å². The summed E-state index contributed by atoms with van der Waals surface area (Å²) < 4.78 is 10.1. The lowest BCUT2D eigenvalue weighted by molar-refractivity contribution is 0.0379. The lowest BCUT2D eigenvalue weighted by atomic mass is 9.95. The number of methoxy groups -OCH3 is 1. The fourth-order valence-electron chi connectivity index (χ4n) is 4.33. The molecule has 7 nitrogen and oxygen atoms in total. The number of benzene rings is 1. The quantitative estimate of drug-likeness (QED) is 0.828. The van der Waals surface area contributed by atoms with E-state index < -0.39 is 0 Å². The summed E-state index contributed by atoms with van der Waals surface area (Å²) in [4.78, 5) is 29.4. The van der Waals surface area contributed by atoms with Crippen LogP contribution in [0.15, 0.2) is 40.9 Å². The lowest BCUT2D eigenvalue weighted by Gasteiger charge is -2.41. The second kappa shape index (κ2) is 7.06. The molecule has 3 heterocycles. The number of hydrogen-bond acceptors (Lipinski definition) is 5. The topological polar surface area (TPSA) is 75.9 Å². The number of piperidine rings is 1. The molecule has 27 heavy (non-hydrogen) atoms. The standard InChI is InChI=1S/C20H23N3O4/c1-22(19(24)13-6-4-3-5-7-13)16-10-14-8-9-15(11-16)23(14)20(25)17-12-18(26-2)21-27-17/h3-7,12,14-16H,8-11H2,1-2H3/t14-,15-/m0/s1. The Morgan fingerprint density at radius 3 is 2.44 bits per heavy atom. The third kappa shape index (κ3) is 3.18. The Morgan fingerprint density at radius 1 is 1.19 bits per heavy atom. The van der Waals surface area contributed by atoms with Gasteiger partial charge in [0.1, 0.15) is 0 Å². The fraction of sp³-hybridized carbons (Fsp3) is 0.450. The molecule has 2 aliphatic heterocycles. The van der Waals surface area contributed by atoms with Crippen LogP contribution in [-0.2, 0) is 0 Å². The number of hydrogen-bond donors (Lipinski definition) is 0. The first-order valence-electron chi connectivity index (χ1n) is 9.24. The average molecular weight is 369 g/mol. The minimum Gasteiger partial charge on any atom is -0.479 e. The summed E-state index contributed by atoms with van der Waals surface area (Å²) in [6.07, 6.45) is 3.46. The maximum absolute atomic E-state index is 12.9. The van der Waals surface area contributed by atoms with Crippen LogP contribution in [0.5, 0.6) is 5.88 Å². The van der Waals surface area contributed by atoms with Gasteiger partial charge in [0.2, 0.25) is 5.76 Å². The molecule has 0 N–H and O–H groups in total. The molecular weight excluding hydrogens is 346 g/mol. The van der Waals surface area contributed by atoms with E-state index in [0.717, 1.165) is 25.7 Å². The van der Waals surface area contributed by atoms with E-state index in [2.05, 4.69) is 5.16 Å². The second-order valence-corrected chi connectivity index (χ2v) is 7.24. The van der Waals surface area contributed by atoms with Gasteiger partial charge in [-0.15, -0.1) is 0 Å². The highest BCUT2D eigenvalue weighted by Gasteiger charge is 2.46.